The molecule has 0 aliphatic rings. The van der Waals surface area contributed by atoms with E-state index in [1.807, 2.05) is 51.1 Å². The van der Waals surface area contributed by atoms with Crippen molar-refractivity contribution in [1.29, 1.82) is 0 Å². The summed E-state index contributed by atoms with van der Waals surface area (Å²) in [6.45, 7) is 5.73. The quantitative estimate of drug-likeness (QED) is 0.585. The third kappa shape index (κ3) is 5.17. The second-order valence-corrected chi connectivity index (χ2v) is 8.11. The van der Waals surface area contributed by atoms with E-state index in [4.69, 9.17) is 0 Å². The van der Waals surface area contributed by atoms with Gasteiger partial charge in [0.25, 0.3) is 5.91 Å². The number of hydrogen-bond acceptors (Lipinski definition) is 6. The van der Waals surface area contributed by atoms with Crippen molar-refractivity contribution in [3.63, 3.8) is 0 Å². The Bertz CT molecular complexity index is 986. The first-order chi connectivity index (χ1) is 13.4. The largest absolute Gasteiger partial charge is 0.322 e. The number of carbonyl (C=O) groups excluding carboxylic acids is 2. The van der Waals surface area contributed by atoms with Crippen LogP contribution in [0.15, 0.2) is 46.9 Å². The molecular formula is C20H20N4O2S2. The highest BCUT2D eigenvalue weighted by atomic mass is 32.2. The van der Waals surface area contributed by atoms with Gasteiger partial charge >= 0.3 is 0 Å². The van der Waals surface area contributed by atoms with Gasteiger partial charge < -0.3 is 10.6 Å². The van der Waals surface area contributed by atoms with Crippen LogP contribution in [0.2, 0.25) is 0 Å². The van der Waals surface area contributed by atoms with E-state index in [2.05, 4.69) is 20.6 Å². The van der Waals surface area contributed by atoms with E-state index in [0.717, 1.165) is 16.8 Å². The molecule has 3 rings (SSSR count). The van der Waals surface area contributed by atoms with Crippen LogP contribution < -0.4 is 10.6 Å². The highest BCUT2D eigenvalue weighted by Gasteiger charge is 2.18. The van der Waals surface area contributed by atoms with Gasteiger partial charge in [-0.3, -0.25) is 9.59 Å². The number of carbonyl (C=O) groups is 2. The van der Waals surface area contributed by atoms with E-state index in [9.17, 15) is 9.59 Å². The first kappa shape index (κ1) is 20.0. The van der Waals surface area contributed by atoms with E-state index < -0.39 is 0 Å². The second kappa shape index (κ2) is 8.99. The average molecular weight is 413 g/mol. The molecule has 0 radical (unpaired) electrons. The Morgan fingerprint density at radius 3 is 2.54 bits per heavy atom. The number of aryl methyl sites for hydroxylation is 3. The zero-order valence-electron chi connectivity index (χ0n) is 15.8. The van der Waals surface area contributed by atoms with Gasteiger partial charge in [-0.1, -0.05) is 29.5 Å². The molecule has 0 fully saturated rings. The van der Waals surface area contributed by atoms with Crippen molar-refractivity contribution in [2.24, 2.45) is 0 Å². The van der Waals surface area contributed by atoms with Crippen molar-refractivity contribution in [1.82, 2.24) is 9.97 Å². The highest BCUT2D eigenvalue weighted by molar-refractivity contribution is 8.00. The summed E-state index contributed by atoms with van der Waals surface area (Å²) in [5.41, 5.74) is 3.94. The topological polar surface area (TPSA) is 84.0 Å². The smallest absolute Gasteiger partial charge is 0.258 e. The number of anilines is 2. The van der Waals surface area contributed by atoms with Crippen molar-refractivity contribution in [3.8, 4) is 0 Å². The fraction of sp³-hybridized carbons (Fsp3) is 0.200. The Kier molecular flexibility index (Phi) is 6.43. The molecule has 0 unspecified atom stereocenters. The zero-order valence-corrected chi connectivity index (χ0v) is 17.4. The molecule has 0 aliphatic heterocycles. The molecular weight excluding hydrogens is 392 g/mol. The van der Waals surface area contributed by atoms with Gasteiger partial charge in [0.15, 0.2) is 5.13 Å². The highest BCUT2D eigenvalue weighted by Crippen LogP contribution is 2.26. The lowest BCUT2D eigenvalue weighted by atomic mass is 10.1. The standard InChI is InChI=1S/C20H20N4O2S2/c1-12-4-6-15(7-5-12)23-18(26)17-13(2)10-14(3)22-19(17)28-11-16(25)24-20-21-8-9-27-20/h4-10H,11H2,1-3H3,(H,23,26)(H,21,24,25). The maximum Gasteiger partial charge on any atom is 0.258 e. The third-order valence-corrected chi connectivity index (χ3v) is 5.53. The minimum absolute atomic E-state index is 0.139. The SMILES string of the molecule is Cc1ccc(NC(=O)c2c(C)cc(C)nc2SCC(=O)Nc2nccs2)cc1. The van der Waals surface area contributed by atoms with E-state index in [1.165, 1.54) is 23.1 Å². The van der Waals surface area contributed by atoms with Gasteiger partial charge in [0.1, 0.15) is 5.03 Å². The Hall–Kier alpha value is -2.71. The normalized spacial score (nSPS) is 10.5. The van der Waals surface area contributed by atoms with E-state index in [1.54, 1.807) is 11.6 Å². The number of pyridine rings is 1. The number of hydrogen-bond donors (Lipinski definition) is 2. The summed E-state index contributed by atoms with van der Waals surface area (Å²) in [6.07, 6.45) is 1.63. The van der Waals surface area contributed by atoms with Crippen LogP contribution in [-0.4, -0.2) is 27.5 Å². The molecule has 2 aromatic heterocycles. The predicted molar refractivity (Wildman–Crippen MR) is 114 cm³/mol. The number of thioether (sulfide) groups is 1. The van der Waals surface area contributed by atoms with Crippen LogP contribution in [0.4, 0.5) is 10.8 Å². The Labute approximate surface area is 171 Å². The minimum Gasteiger partial charge on any atom is -0.322 e. The van der Waals surface area contributed by atoms with Crippen LogP contribution in [0, 0.1) is 20.8 Å². The number of benzene rings is 1. The predicted octanol–water partition coefficient (Wildman–Crippen LogP) is 4.45. The maximum absolute atomic E-state index is 12.9. The summed E-state index contributed by atoms with van der Waals surface area (Å²) in [7, 11) is 0. The lowest BCUT2D eigenvalue weighted by molar-refractivity contribution is -0.113. The van der Waals surface area contributed by atoms with Crippen LogP contribution in [0.5, 0.6) is 0 Å². The first-order valence-electron chi connectivity index (χ1n) is 8.61. The number of nitrogens with zero attached hydrogens (tertiary/aromatic N) is 2. The number of thiazole rings is 1. The average Bonchev–Trinajstić information content (AvgIpc) is 3.14. The molecule has 0 atom stereocenters. The van der Waals surface area contributed by atoms with Crippen molar-refractivity contribution >= 4 is 45.7 Å². The second-order valence-electron chi connectivity index (χ2n) is 6.25. The lowest BCUT2D eigenvalue weighted by Gasteiger charge is -2.13. The van der Waals surface area contributed by atoms with Crippen LogP contribution in [-0.2, 0) is 4.79 Å². The fourth-order valence-corrected chi connectivity index (χ4v) is 4.08. The van der Waals surface area contributed by atoms with E-state index in [-0.39, 0.29) is 17.6 Å². The van der Waals surface area contributed by atoms with Gasteiger partial charge in [0.05, 0.1) is 11.3 Å². The van der Waals surface area contributed by atoms with E-state index in [0.29, 0.717) is 21.4 Å². The Morgan fingerprint density at radius 2 is 1.86 bits per heavy atom. The summed E-state index contributed by atoms with van der Waals surface area (Å²) in [5.74, 6) is -0.289. The molecule has 0 aliphatic carbocycles. The third-order valence-electron chi connectivity index (χ3n) is 3.87. The molecule has 6 nitrogen and oxygen atoms in total. The summed E-state index contributed by atoms with van der Waals surface area (Å²) >= 11 is 2.60. The molecule has 2 amide bonds. The summed E-state index contributed by atoms with van der Waals surface area (Å²) < 4.78 is 0. The van der Waals surface area contributed by atoms with Crippen LogP contribution >= 0.6 is 23.1 Å². The number of rotatable bonds is 6. The van der Waals surface area contributed by atoms with Crippen molar-refractivity contribution in [2.75, 3.05) is 16.4 Å². The number of amides is 2. The van der Waals surface area contributed by atoms with Gasteiger partial charge in [0.2, 0.25) is 5.91 Å². The zero-order chi connectivity index (χ0) is 20.1. The number of aromatic nitrogens is 2. The first-order valence-corrected chi connectivity index (χ1v) is 10.5. The summed E-state index contributed by atoms with van der Waals surface area (Å²) in [4.78, 5) is 33.6. The molecule has 28 heavy (non-hydrogen) atoms. The minimum atomic E-state index is -0.239. The van der Waals surface area contributed by atoms with Gasteiger partial charge in [-0.05, 0) is 44.5 Å². The van der Waals surface area contributed by atoms with Gasteiger partial charge in [-0.25, -0.2) is 9.97 Å². The van der Waals surface area contributed by atoms with Gasteiger partial charge in [-0.15, -0.1) is 11.3 Å². The molecule has 0 saturated heterocycles. The van der Waals surface area contributed by atoms with Crippen molar-refractivity contribution in [2.45, 2.75) is 25.8 Å². The molecule has 0 saturated carbocycles. The molecule has 2 N–H and O–H groups in total. The van der Waals surface area contributed by atoms with Crippen LogP contribution in [0.3, 0.4) is 0 Å². The Balaban J connectivity index is 1.75. The van der Waals surface area contributed by atoms with Crippen LogP contribution in [0.25, 0.3) is 0 Å². The van der Waals surface area contributed by atoms with E-state index >= 15 is 0 Å². The monoisotopic (exact) mass is 412 g/mol. The molecule has 0 spiro atoms. The molecule has 3 aromatic rings. The lowest BCUT2D eigenvalue weighted by Crippen LogP contribution is -2.18. The van der Waals surface area contributed by atoms with Crippen molar-refractivity contribution in [3.05, 3.63) is 64.3 Å². The molecule has 1 aromatic carbocycles. The maximum atomic E-state index is 12.9. The van der Waals surface area contributed by atoms with Gasteiger partial charge in [0, 0.05) is 23.0 Å². The molecule has 144 valence electrons. The summed E-state index contributed by atoms with van der Waals surface area (Å²) in [6, 6.07) is 9.46. The van der Waals surface area contributed by atoms with Crippen LogP contribution in [0.1, 0.15) is 27.2 Å². The summed E-state index contributed by atoms with van der Waals surface area (Å²) in [5, 5.41) is 8.53. The molecule has 8 heteroatoms. The van der Waals surface area contributed by atoms with Gasteiger partial charge in [-0.2, -0.15) is 0 Å². The Morgan fingerprint density at radius 1 is 1.11 bits per heavy atom. The molecule has 2 heterocycles. The number of nitrogens with one attached hydrogen (secondary N) is 2. The molecule has 0 bridgehead atoms. The fourth-order valence-electron chi connectivity index (χ4n) is 2.59. The van der Waals surface area contributed by atoms with Crippen molar-refractivity contribution < 1.29 is 9.59 Å².